The third-order valence-electron chi connectivity index (χ3n) is 3.62. The van der Waals surface area contributed by atoms with E-state index in [1.54, 1.807) is 25.1 Å². The molecule has 0 bridgehead atoms. The average Bonchev–Trinajstić information content (AvgIpc) is 2.59. The zero-order valence-electron chi connectivity index (χ0n) is 14.8. The van der Waals surface area contributed by atoms with E-state index in [1.165, 1.54) is 19.2 Å². The number of nitrogens with one attached hydrogen (secondary N) is 2. The molecule has 0 aliphatic heterocycles. The van der Waals surface area contributed by atoms with Crippen LogP contribution >= 0.6 is 11.6 Å². The van der Waals surface area contributed by atoms with E-state index >= 15 is 0 Å². The quantitative estimate of drug-likeness (QED) is 0.482. The first-order valence-corrected chi connectivity index (χ1v) is 9.87. The molecule has 2 N–H and O–H groups in total. The summed E-state index contributed by atoms with van der Waals surface area (Å²) in [4.78, 5) is 10.6. The van der Waals surface area contributed by atoms with E-state index < -0.39 is 21.0 Å². The summed E-state index contributed by atoms with van der Waals surface area (Å²) in [6.07, 6.45) is 0. The van der Waals surface area contributed by atoms with Crippen molar-refractivity contribution >= 4 is 33.0 Å². The van der Waals surface area contributed by atoms with Crippen molar-refractivity contribution in [3.8, 4) is 0 Å². The SMILES string of the molecule is COC[C@@H](C)NS(=O)(=O)c1ccc(NCc2cccc(Cl)c2)c([N+](=O)[O-])c1. The zero-order chi connectivity index (χ0) is 20.0. The highest BCUT2D eigenvalue weighted by molar-refractivity contribution is 7.89. The summed E-state index contributed by atoms with van der Waals surface area (Å²) in [5.74, 6) is 0. The predicted octanol–water partition coefficient (Wildman–Crippen LogP) is 3.17. The fourth-order valence-corrected chi connectivity index (χ4v) is 3.90. The van der Waals surface area contributed by atoms with Crippen LogP contribution in [-0.2, 0) is 21.3 Å². The maximum absolute atomic E-state index is 12.4. The molecule has 0 unspecified atom stereocenters. The third kappa shape index (κ3) is 5.90. The van der Waals surface area contributed by atoms with Gasteiger partial charge in [-0.3, -0.25) is 10.1 Å². The lowest BCUT2D eigenvalue weighted by molar-refractivity contribution is -0.384. The van der Waals surface area contributed by atoms with E-state index in [-0.39, 0.29) is 22.9 Å². The van der Waals surface area contributed by atoms with E-state index in [4.69, 9.17) is 16.3 Å². The van der Waals surface area contributed by atoms with Crippen LogP contribution in [-0.4, -0.2) is 33.1 Å². The van der Waals surface area contributed by atoms with Gasteiger partial charge in [0.25, 0.3) is 5.69 Å². The second-order valence-corrected chi connectivity index (χ2v) is 8.05. The van der Waals surface area contributed by atoms with Crippen molar-refractivity contribution in [2.24, 2.45) is 0 Å². The minimum Gasteiger partial charge on any atom is -0.383 e. The fourth-order valence-electron chi connectivity index (χ4n) is 2.44. The van der Waals surface area contributed by atoms with Gasteiger partial charge in [-0.15, -0.1) is 0 Å². The number of nitro benzene ring substituents is 1. The first-order chi connectivity index (χ1) is 12.7. The molecular formula is C17H20ClN3O5S. The lowest BCUT2D eigenvalue weighted by Gasteiger charge is -2.14. The van der Waals surface area contributed by atoms with Gasteiger partial charge in [0.1, 0.15) is 5.69 Å². The standard InChI is InChI=1S/C17H20ClN3O5S/c1-12(11-26-2)20-27(24,25)15-6-7-16(17(9-15)21(22)23)19-10-13-4-3-5-14(18)8-13/h3-9,12,19-20H,10-11H2,1-2H3/t12-/m1/s1. The van der Waals surface area contributed by atoms with Crippen LogP contribution in [0.4, 0.5) is 11.4 Å². The molecule has 2 aromatic rings. The van der Waals surface area contributed by atoms with Gasteiger partial charge in [0.2, 0.25) is 10.0 Å². The second kappa shape index (κ2) is 9.14. The van der Waals surface area contributed by atoms with Gasteiger partial charge in [-0.1, -0.05) is 23.7 Å². The van der Waals surface area contributed by atoms with Crippen LogP contribution in [0.15, 0.2) is 47.4 Å². The Balaban J connectivity index is 2.24. The maximum atomic E-state index is 12.4. The topological polar surface area (TPSA) is 111 Å². The highest BCUT2D eigenvalue weighted by Gasteiger charge is 2.23. The number of methoxy groups -OCH3 is 1. The highest BCUT2D eigenvalue weighted by Crippen LogP contribution is 2.28. The van der Waals surface area contributed by atoms with Crippen LogP contribution in [0, 0.1) is 10.1 Å². The number of sulfonamides is 1. The Labute approximate surface area is 162 Å². The van der Waals surface area contributed by atoms with Crippen molar-refractivity contribution < 1.29 is 18.1 Å². The molecule has 0 radical (unpaired) electrons. The number of nitro groups is 1. The first-order valence-electron chi connectivity index (χ1n) is 8.01. The number of ether oxygens (including phenoxy) is 1. The monoisotopic (exact) mass is 413 g/mol. The number of hydrogen-bond acceptors (Lipinski definition) is 6. The van der Waals surface area contributed by atoms with Crippen LogP contribution < -0.4 is 10.0 Å². The molecule has 0 aliphatic rings. The molecule has 0 saturated carbocycles. The van der Waals surface area contributed by atoms with Gasteiger partial charge in [-0.25, -0.2) is 13.1 Å². The molecule has 2 aromatic carbocycles. The van der Waals surface area contributed by atoms with Gasteiger partial charge in [-0.05, 0) is 36.8 Å². The Morgan fingerprint density at radius 2 is 2.00 bits per heavy atom. The Hall–Kier alpha value is -2.20. The Bertz CT molecular complexity index is 921. The van der Waals surface area contributed by atoms with Gasteiger partial charge < -0.3 is 10.1 Å². The summed E-state index contributed by atoms with van der Waals surface area (Å²) in [5.41, 5.74) is 0.715. The molecule has 0 aliphatic carbocycles. The van der Waals surface area contributed by atoms with Crippen LogP contribution in [0.25, 0.3) is 0 Å². The summed E-state index contributed by atoms with van der Waals surface area (Å²) in [5, 5.41) is 14.9. The van der Waals surface area contributed by atoms with Gasteiger partial charge in [-0.2, -0.15) is 0 Å². The van der Waals surface area contributed by atoms with Gasteiger partial charge in [0, 0.05) is 30.8 Å². The van der Waals surface area contributed by atoms with Crippen LogP contribution in [0.1, 0.15) is 12.5 Å². The summed E-state index contributed by atoms with van der Waals surface area (Å²) in [6.45, 7) is 2.12. The van der Waals surface area contributed by atoms with Crippen molar-refractivity contribution in [3.05, 3.63) is 63.2 Å². The molecule has 2 rings (SSSR count). The summed E-state index contributed by atoms with van der Waals surface area (Å²) >= 11 is 5.92. The smallest absolute Gasteiger partial charge is 0.293 e. The Morgan fingerprint density at radius 3 is 2.63 bits per heavy atom. The number of benzene rings is 2. The van der Waals surface area contributed by atoms with E-state index in [2.05, 4.69) is 10.0 Å². The molecule has 0 spiro atoms. The predicted molar refractivity (Wildman–Crippen MR) is 104 cm³/mol. The van der Waals surface area contributed by atoms with E-state index in [9.17, 15) is 18.5 Å². The van der Waals surface area contributed by atoms with Crippen molar-refractivity contribution in [2.75, 3.05) is 19.0 Å². The number of halogens is 1. The minimum absolute atomic E-state index is 0.181. The molecule has 146 valence electrons. The van der Waals surface area contributed by atoms with E-state index in [0.29, 0.717) is 11.6 Å². The van der Waals surface area contributed by atoms with E-state index in [0.717, 1.165) is 11.6 Å². The lowest BCUT2D eigenvalue weighted by atomic mass is 10.2. The molecule has 0 amide bonds. The molecule has 0 aromatic heterocycles. The van der Waals surface area contributed by atoms with Crippen LogP contribution in [0.3, 0.4) is 0 Å². The minimum atomic E-state index is -3.91. The third-order valence-corrected chi connectivity index (χ3v) is 5.44. The summed E-state index contributed by atoms with van der Waals surface area (Å²) in [7, 11) is -2.45. The van der Waals surface area contributed by atoms with Crippen molar-refractivity contribution in [1.29, 1.82) is 0 Å². The lowest BCUT2D eigenvalue weighted by Crippen LogP contribution is -2.35. The van der Waals surface area contributed by atoms with Crippen molar-refractivity contribution in [2.45, 2.75) is 24.4 Å². The Morgan fingerprint density at radius 1 is 1.26 bits per heavy atom. The molecule has 0 fully saturated rings. The highest BCUT2D eigenvalue weighted by atomic mass is 35.5. The van der Waals surface area contributed by atoms with Crippen LogP contribution in [0.5, 0.6) is 0 Å². The average molecular weight is 414 g/mol. The van der Waals surface area contributed by atoms with Gasteiger partial charge in [0.15, 0.2) is 0 Å². The second-order valence-electron chi connectivity index (χ2n) is 5.90. The molecule has 0 heterocycles. The number of anilines is 1. The first kappa shape index (κ1) is 21.1. The number of nitrogens with zero attached hydrogens (tertiary/aromatic N) is 1. The summed E-state index contributed by atoms with van der Waals surface area (Å²) in [6, 6.07) is 10.3. The Kier molecular flexibility index (Phi) is 7.14. The molecule has 1 atom stereocenters. The number of rotatable bonds is 9. The molecule has 27 heavy (non-hydrogen) atoms. The molecule has 10 heteroatoms. The fraction of sp³-hybridized carbons (Fsp3) is 0.294. The van der Waals surface area contributed by atoms with E-state index in [1.807, 2.05) is 6.07 Å². The molecular weight excluding hydrogens is 394 g/mol. The van der Waals surface area contributed by atoms with Crippen LogP contribution in [0.2, 0.25) is 5.02 Å². The molecule has 8 nitrogen and oxygen atoms in total. The van der Waals surface area contributed by atoms with Gasteiger partial charge >= 0.3 is 0 Å². The summed E-state index contributed by atoms with van der Waals surface area (Å²) < 4.78 is 32.1. The normalized spacial score (nSPS) is 12.6. The maximum Gasteiger partial charge on any atom is 0.293 e. The largest absolute Gasteiger partial charge is 0.383 e. The zero-order valence-corrected chi connectivity index (χ0v) is 16.4. The number of hydrogen-bond donors (Lipinski definition) is 2. The van der Waals surface area contributed by atoms with Gasteiger partial charge in [0.05, 0.1) is 16.4 Å². The van der Waals surface area contributed by atoms with Crippen molar-refractivity contribution in [3.63, 3.8) is 0 Å². The molecule has 0 saturated heterocycles. The van der Waals surface area contributed by atoms with Crippen molar-refractivity contribution in [1.82, 2.24) is 4.72 Å².